The summed E-state index contributed by atoms with van der Waals surface area (Å²) in [4.78, 5) is 16.0. The molecule has 2 N–H and O–H groups in total. The Balaban J connectivity index is 1.61. The Hall–Kier alpha value is -2.53. The van der Waals surface area contributed by atoms with Crippen LogP contribution in [0.15, 0.2) is 42.5 Å². The molecule has 1 saturated heterocycles. The summed E-state index contributed by atoms with van der Waals surface area (Å²) in [5, 5.41) is 6.46. The summed E-state index contributed by atoms with van der Waals surface area (Å²) >= 11 is 0. The highest BCUT2D eigenvalue weighted by molar-refractivity contribution is 5.94. The Morgan fingerprint density at radius 3 is 2.69 bits per heavy atom. The molecule has 2 aromatic carbocycles. The van der Waals surface area contributed by atoms with Crippen molar-refractivity contribution in [2.24, 2.45) is 0 Å². The third kappa shape index (κ3) is 3.27. The number of carbonyl (C=O) groups is 1. The minimum atomic E-state index is -0.0111. The predicted octanol–water partition coefficient (Wildman–Crippen LogP) is 3.17. The maximum Gasteiger partial charge on any atom is 0.321 e. The number of urea groups is 1. The Bertz CT molecular complexity index is 817. The number of hydrogen-bond donors (Lipinski definition) is 2. The molecule has 1 fully saturated rings. The number of aryl methyl sites for hydroxylation is 1. The summed E-state index contributed by atoms with van der Waals surface area (Å²) in [6.07, 6.45) is 2.23. The first-order valence-corrected chi connectivity index (χ1v) is 9.31. The number of rotatable bonds is 3. The molecule has 1 atom stereocenters. The third-order valence-corrected chi connectivity index (χ3v) is 5.46. The number of hydrogen-bond acceptors (Lipinski definition) is 3. The molecule has 0 bridgehead atoms. The number of nitrogens with zero attached hydrogens (tertiary/aromatic N) is 2. The monoisotopic (exact) mass is 350 g/mol. The Morgan fingerprint density at radius 1 is 1.08 bits per heavy atom. The van der Waals surface area contributed by atoms with Gasteiger partial charge >= 0.3 is 6.03 Å². The lowest BCUT2D eigenvalue weighted by Gasteiger charge is -2.22. The zero-order chi connectivity index (χ0) is 18.1. The quantitative estimate of drug-likeness (QED) is 0.894. The molecule has 0 spiro atoms. The number of benzene rings is 2. The summed E-state index contributed by atoms with van der Waals surface area (Å²) in [7, 11) is 4.29. The van der Waals surface area contributed by atoms with Crippen LogP contribution in [0.3, 0.4) is 0 Å². The van der Waals surface area contributed by atoms with E-state index in [2.05, 4.69) is 60.0 Å². The van der Waals surface area contributed by atoms with Crippen LogP contribution in [0.25, 0.3) is 11.1 Å². The van der Waals surface area contributed by atoms with Gasteiger partial charge in [-0.3, -0.25) is 4.90 Å². The van der Waals surface area contributed by atoms with Crippen molar-refractivity contribution in [2.45, 2.75) is 18.9 Å². The van der Waals surface area contributed by atoms with Crippen molar-refractivity contribution in [3.63, 3.8) is 0 Å². The van der Waals surface area contributed by atoms with Crippen LogP contribution in [0.4, 0.5) is 16.2 Å². The number of anilines is 2. The topological polar surface area (TPSA) is 47.6 Å². The molecule has 0 aromatic heterocycles. The Labute approximate surface area is 155 Å². The van der Waals surface area contributed by atoms with E-state index >= 15 is 0 Å². The van der Waals surface area contributed by atoms with Crippen molar-refractivity contribution >= 4 is 17.4 Å². The molecule has 0 aliphatic carbocycles. The molecule has 5 heteroatoms. The van der Waals surface area contributed by atoms with E-state index in [0.717, 1.165) is 37.2 Å². The Morgan fingerprint density at radius 2 is 1.92 bits per heavy atom. The van der Waals surface area contributed by atoms with Crippen molar-refractivity contribution < 1.29 is 4.79 Å². The van der Waals surface area contributed by atoms with Crippen molar-refractivity contribution in [1.29, 1.82) is 0 Å². The SMILES string of the molecule is CN(C)[C@H]1CCc2cc(-c3cccc(N4CCNC4=O)c3)ccc2NC1. The number of nitrogens with one attached hydrogen (secondary N) is 2. The second-order valence-corrected chi connectivity index (χ2v) is 7.34. The first-order valence-electron chi connectivity index (χ1n) is 9.31. The van der Waals surface area contributed by atoms with E-state index in [0.29, 0.717) is 12.6 Å². The van der Waals surface area contributed by atoms with Gasteiger partial charge in [0.15, 0.2) is 0 Å². The lowest BCUT2D eigenvalue weighted by molar-refractivity contribution is 0.252. The molecule has 5 nitrogen and oxygen atoms in total. The van der Waals surface area contributed by atoms with E-state index in [1.807, 2.05) is 12.1 Å². The minimum Gasteiger partial charge on any atom is -0.383 e. The van der Waals surface area contributed by atoms with E-state index in [1.165, 1.54) is 16.8 Å². The molecule has 2 amide bonds. The number of fused-ring (bicyclic) bond motifs is 1. The van der Waals surface area contributed by atoms with Crippen LogP contribution in [0.2, 0.25) is 0 Å². The van der Waals surface area contributed by atoms with Crippen LogP contribution in [0.5, 0.6) is 0 Å². The molecule has 26 heavy (non-hydrogen) atoms. The highest BCUT2D eigenvalue weighted by Gasteiger charge is 2.21. The second kappa shape index (κ2) is 7.00. The molecule has 0 unspecified atom stereocenters. The normalized spacial score (nSPS) is 19.7. The Kier molecular flexibility index (Phi) is 4.55. The van der Waals surface area contributed by atoms with Crippen LogP contribution >= 0.6 is 0 Å². The fraction of sp³-hybridized carbons (Fsp3) is 0.381. The summed E-state index contributed by atoms with van der Waals surface area (Å²) < 4.78 is 0. The highest BCUT2D eigenvalue weighted by Crippen LogP contribution is 2.31. The minimum absolute atomic E-state index is 0.0111. The van der Waals surface area contributed by atoms with Crippen molar-refractivity contribution in [3.8, 4) is 11.1 Å². The van der Waals surface area contributed by atoms with Crippen LogP contribution in [-0.2, 0) is 6.42 Å². The fourth-order valence-corrected chi connectivity index (χ4v) is 3.82. The molecule has 0 radical (unpaired) electrons. The second-order valence-electron chi connectivity index (χ2n) is 7.34. The average Bonchev–Trinajstić information content (AvgIpc) is 2.96. The number of likely N-dealkylation sites (N-methyl/N-ethyl adjacent to an activating group) is 1. The lowest BCUT2D eigenvalue weighted by Crippen LogP contribution is -2.33. The van der Waals surface area contributed by atoms with Gasteiger partial charge in [0.2, 0.25) is 0 Å². The van der Waals surface area contributed by atoms with Gasteiger partial charge in [0.25, 0.3) is 0 Å². The summed E-state index contributed by atoms with van der Waals surface area (Å²) in [5.74, 6) is 0. The van der Waals surface area contributed by atoms with Gasteiger partial charge in [-0.1, -0.05) is 18.2 Å². The van der Waals surface area contributed by atoms with E-state index in [-0.39, 0.29) is 6.03 Å². The summed E-state index contributed by atoms with van der Waals surface area (Å²) in [5.41, 5.74) is 5.93. The van der Waals surface area contributed by atoms with E-state index in [9.17, 15) is 4.79 Å². The summed E-state index contributed by atoms with van der Waals surface area (Å²) in [6, 6.07) is 15.5. The van der Waals surface area contributed by atoms with Crippen LogP contribution < -0.4 is 15.5 Å². The molecule has 2 aliphatic rings. The maximum atomic E-state index is 11.9. The van der Waals surface area contributed by atoms with Crippen LogP contribution in [-0.4, -0.2) is 50.7 Å². The number of amides is 2. The first-order chi connectivity index (χ1) is 12.6. The van der Waals surface area contributed by atoms with Gasteiger partial charge in [-0.05, 0) is 67.9 Å². The maximum absolute atomic E-state index is 11.9. The largest absolute Gasteiger partial charge is 0.383 e. The van der Waals surface area contributed by atoms with Gasteiger partial charge in [-0.15, -0.1) is 0 Å². The van der Waals surface area contributed by atoms with Gasteiger partial charge in [-0.25, -0.2) is 4.79 Å². The van der Waals surface area contributed by atoms with Gasteiger partial charge in [0.1, 0.15) is 0 Å². The molecule has 0 saturated carbocycles. The number of carbonyl (C=O) groups excluding carboxylic acids is 1. The summed E-state index contributed by atoms with van der Waals surface area (Å²) in [6.45, 7) is 2.42. The zero-order valence-corrected chi connectivity index (χ0v) is 15.5. The fourth-order valence-electron chi connectivity index (χ4n) is 3.82. The van der Waals surface area contributed by atoms with Gasteiger partial charge in [0.05, 0.1) is 0 Å². The van der Waals surface area contributed by atoms with Gasteiger partial charge in [-0.2, -0.15) is 0 Å². The van der Waals surface area contributed by atoms with Crippen LogP contribution in [0, 0.1) is 0 Å². The van der Waals surface area contributed by atoms with E-state index in [1.54, 1.807) is 4.90 Å². The first kappa shape index (κ1) is 16.9. The molecular formula is C21H26N4O. The van der Waals surface area contributed by atoms with Crippen LogP contribution in [0.1, 0.15) is 12.0 Å². The third-order valence-electron chi connectivity index (χ3n) is 5.46. The molecule has 2 heterocycles. The molecule has 2 aromatic rings. The standard InChI is InChI=1S/C21H26N4O/c1-24(2)19-8-6-17-12-16(7-9-20(17)23-14-19)15-4-3-5-18(13-15)25-11-10-22-21(25)26/h3-5,7,9,12-13,19,23H,6,8,10-11,14H2,1-2H3,(H,22,26)/t19-/m0/s1. The predicted molar refractivity (Wildman–Crippen MR) is 107 cm³/mol. The highest BCUT2D eigenvalue weighted by atomic mass is 16.2. The molecule has 2 aliphatic heterocycles. The zero-order valence-electron chi connectivity index (χ0n) is 15.5. The van der Waals surface area contributed by atoms with E-state index in [4.69, 9.17) is 0 Å². The molecule has 4 rings (SSSR count). The van der Waals surface area contributed by atoms with Crippen molar-refractivity contribution in [2.75, 3.05) is 43.9 Å². The van der Waals surface area contributed by atoms with Crippen molar-refractivity contribution in [1.82, 2.24) is 10.2 Å². The smallest absolute Gasteiger partial charge is 0.321 e. The lowest BCUT2D eigenvalue weighted by atomic mass is 9.98. The van der Waals surface area contributed by atoms with Gasteiger partial charge < -0.3 is 15.5 Å². The van der Waals surface area contributed by atoms with Crippen molar-refractivity contribution in [3.05, 3.63) is 48.0 Å². The molecular weight excluding hydrogens is 324 g/mol. The molecule has 136 valence electrons. The van der Waals surface area contributed by atoms with E-state index < -0.39 is 0 Å². The van der Waals surface area contributed by atoms with Gasteiger partial charge in [0, 0.05) is 37.1 Å². The average molecular weight is 350 g/mol.